The van der Waals surface area contributed by atoms with Crippen LogP contribution in [-0.2, 0) is 4.79 Å². The van der Waals surface area contributed by atoms with Crippen molar-refractivity contribution in [2.24, 2.45) is 5.73 Å². The first-order valence-corrected chi connectivity index (χ1v) is 5.66. The lowest BCUT2D eigenvalue weighted by Crippen LogP contribution is -2.30. The molecule has 2 rings (SSSR count). The number of primary amides is 1. The van der Waals surface area contributed by atoms with Crippen LogP contribution in [0.5, 0.6) is 0 Å². The number of hydrogen-bond donors (Lipinski definition) is 2. The number of alkyl halides is 3. The van der Waals surface area contributed by atoms with Crippen molar-refractivity contribution in [2.75, 3.05) is 5.32 Å². The zero-order valence-electron chi connectivity index (χ0n) is 10.4. The number of halogens is 3. The van der Waals surface area contributed by atoms with E-state index < -0.39 is 18.0 Å². The van der Waals surface area contributed by atoms with E-state index in [9.17, 15) is 22.8 Å². The zero-order chi connectivity index (χ0) is 15.6. The minimum atomic E-state index is -5.01. The fourth-order valence-electron chi connectivity index (χ4n) is 1.62. The Kier molecular flexibility index (Phi) is 3.70. The molecule has 3 N–H and O–H groups in total. The summed E-state index contributed by atoms with van der Waals surface area (Å²) in [5.74, 6) is -2.93. The van der Waals surface area contributed by atoms with E-state index in [2.05, 4.69) is 0 Å². The van der Waals surface area contributed by atoms with Crippen molar-refractivity contribution in [3.05, 3.63) is 42.2 Å². The third-order valence-electron chi connectivity index (χ3n) is 2.55. The molecule has 1 aromatic carbocycles. The second-order valence-corrected chi connectivity index (χ2v) is 4.03. The summed E-state index contributed by atoms with van der Waals surface area (Å²) in [5.41, 5.74) is 5.13. The van der Waals surface area contributed by atoms with Gasteiger partial charge in [0, 0.05) is 5.56 Å². The first-order valence-electron chi connectivity index (χ1n) is 5.66. The normalized spacial score (nSPS) is 11.2. The molecular formula is C13H9F3N2O3. The van der Waals surface area contributed by atoms with Gasteiger partial charge in [0.2, 0.25) is 0 Å². The second-order valence-electron chi connectivity index (χ2n) is 4.03. The molecule has 2 amide bonds. The molecule has 0 spiro atoms. The molecule has 0 aliphatic heterocycles. The third-order valence-corrected chi connectivity index (χ3v) is 2.55. The van der Waals surface area contributed by atoms with Crippen LogP contribution in [0, 0.1) is 0 Å². The number of nitrogens with two attached hydrogens (primary N) is 1. The van der Waals surface area contributed by atoms with Crippen LogP contribution in [-0.4, -0.2) is 18.0 Å². The Hall–Kier alpha value is -2.77. The third kappa shape index (κ3) is 3.22. The van der Waals surface area contributed by atoms with Gasteiger partial charge in [0.1, 0.15) is 5.76 Å². The van der Waals surface area contributed by atoms with Gasteiger partial charge in [-0.05, 0) is 24.3 Å². The van der Waals surface area contributed by atoms with Crippen LogP contribution >= 0.6 is 0 Å². The van der Waals surface area contributed by atoms with E-state index in [1.165, 1.54) is 30.3 Å². The largest absolute Gasteiger partial charge is 0.471 e. The molecule has 0 atom stereocenters. The quantitative estimate of drug-likeness (QED) is 0.913. The Morgan fingerprint density at radius 2 is 1.76 bits per heavy atom. The van der Waals surface area contributed by atoms with Gasteiger partial charge in [-0.15, -0.1) is 0 Å². The number of anilines is 1. The molecule has 0 bridgehead atoms. The van der Waals surface area contributed by atoms with E-state index in [0.29, 0.717) is 0 Å². The Bertz CT molecular complexity index is 692. The number of hydrogen-bond acceptors (Lipinski definition) is 3. The molecule has 8 heteroatoms. The number of benzene rings is 1. The number of carbonyl (C=O) groups excluding carboxylic acids is 2. The van der Waals surface area contributed by atoms with Crippen LogP contribution in [0.25, 0.3) is 11.3 Å². The number of furan rings is 1. The van der Waals surface area contributed by atoms with E-state index in [4.69, 9.17) is 10.2 Å². The van der Waals surface area contributed by atoms with Gasteiger partial charge in [0.25, 0.3) is 5.91 Å². The molecule has 0 aliphatic rings. The average molecular weight is 298 g/mol. The molecule has 0 unspecified atom stereocenters. The SMILES string of the molecule is NC(=O)c1ccc(-c2ccccc2NC(=O)C(F)(F)F)o1. The summed E-state index contributed by atoms with van der Waals surface area (Å²) in [6.45, 7) is 0. The van der Waals surface area contributed by atoms with Crippen LogP contribution in [0.1, 0.15) is 10.6 Å². The maximum Gasteiger partial charge on any atom is 0.471 e. The minimum Gasteiger partial charge on any atom is -0.451 e. The highest BCUT2D eigenvalue weighted by atomic mass is 19.4. The summed E-state index contributed by atoms with van der Waals surface area (Å²) >= 11 is 0. The van der Waals surface area contributed by atoms with Crippen molar-refractivity contribution in [1.82, 2.24) is 0 Å². The highest BCUT2D eigenvalue weighted by Gasteiger charge is 2.39. The van der Waals surface area contributed by atoms with Gasteiger partial charge >= 0.3 is 12.1 Å². The predicted octanol–water partition coefficient (Wildman–Crippen LogP) is 2.55. The van der Waals surface area contributed by atoms with Crippen molar-refractivity contribution < 1.29 is 27.2 Å². The van der Waals surface area contributed by atoms with Gasteiger partial charge in [-0.1, -0.05) is 12.1 Å². The maximum absolute atomic E-state index is 12.3. The number of nitrogens with one attached hydrogen (secondary N) is 1. The Labute approximate surface area is 116 Å². The van der Waals surface area contributed by atoms with Crippen molar-refractivity contribution in [1.29, 1.82) is 0 Å². The summed E-state index contributed by atoms with van der Waals surface area (Å²) in [4.78, 5) is 21.9. The molecule has 0 fully saturated rings. The van der Waals surface area contributed by atoms with E-state index in [-0.39, 0.29) is 22.8 Å². The van der Waals surface area contributed by atoms with Gasteiger partial charge in [-0.25, -0.2) is 0 Å². The van der Waals surface area contributed by atoms with Crippen molar-refractivity contribution in [2.45, 2.75) is 6.18 Å². The summed E-state index contributed by atoms with van der Waals surface area (Å²) in [6.07, 6.45) is -5.01. The lowest BCUT2D eigenvalue weighted by molar-refractivity contribution is -0.167. The van der Waals surface area contributed by atoms with Gasteiger partial charge in [-0.2, -0.15) is 13.2 Å². The first kappa shape index (κ1) is 14.6. The molecular weight excluding hydrogens is 289 g/mol. The molecule has 0 aliphatic carbocycles. The lowest BCUT2D eigenvalue weighted by atomic mass is 10.1. The fourth-order valence-corrected chi connectivity index (χ4v) is 1.62. The highest BCUT2D eigenvalue weighted by molar-refractivity contribution is 5.98. The molecule has 5 nitrogen and oxygen atoms in total. The monoisotopic (exact) mass is 298 g/mol. The molecule has 2 aromatic rings. The zero-order valence-corrected chi connectivity index (χ0v) is 10.4. The van der Waals surface area contributed by atoms with Gasteiger partial charge in [0.15, 0.2) is 5.76 Å². The maximum atomic E-state index is 12.3. The van der Waals surface area contributed by atoms with Gasteiger partial charge in [0.05, 0.1) is 5.69 Å². The van der Waals surface area contributed by atoms with E-state index in [0.717, 1.165) is 0 Å². The van der Waals surface area contributed by atoms with Crippen LogP contribution in [0.3, 0.4) is 0 Å². The fraction of sp³-hybridized carbons (Fsp3) is 0.0769. The molecule has 1 aromatic heterocycles. The topological polar surface area (TPSA) is 85.3 Å². The van der Waals surface area contributed by atoms with Crippen LogP contribution in [0.15, 0.2) is 40.8 Å². The second kappa shape index (κ2) is 5.31. The van der Waals surface area contributed by atoms with E-state index >= 15 is 0 Å². The van der Waals surface area contributed by atoms with Crippen molar-refractivity contribution >= 4 is 17.5 Å². The number of carbonyl (C=O) groups is 2. The van der Waals surface area contributed by atoms with Gasteiger partial charge in [-0.3, -0.25) is 9.59 Å². The predicted molar refractivity (Wildman–Crippen MR) is 67.3 cm³/mol. The average Bonchev–Trinajstić information content (AvgIpc) is 2.88. The molecule has 1 heterocycles. The molecule has 0 saturated heterocycles. The minimum absolute atomic E-state index is 0.0924. The molecule has 21 heavy (non-hydrogen) atoms. The van der Waals surface area contributed by atoms with Crippen LogP contribution in [0.2, 0.25) is 0 Å². The molecule has 0 radical (unpaired) electrons. The lowest BCUT2D eigenvalue weighted by Gasteiger charge is -2.11. The number of amides is 2. The highest BCUT2D eigenvalue weighted by Crippen LogP contribution is 2.30. The summed E-state index contributed by atoms with van der Waals surface area (Å²) < 4.78 is 42.0. The summed E-state index contributed by atoms with van der Waals surface area (Å²) in [5, 5.41) is 1.75. The first-order chi connectivity index (χ1) is 9.79. The standard InChI is InChI=1S/C13H9F3N2O3/c14-13(15,16)12(20)18-8-4-2-1-3-7(8)9-5-6-10(21-9)11(17)19/h1-6H,(H2,17,19)(H,18,20). The summed E-state index contributed by atoms with van der Waals surface area (Å²) in [6, 6.07) is 8.39. The molecule has 110 valence electrons. The smallest absolute Gasteiger partial charge is 0.451 e. The van der Waals surface area contributed by atoms with Crippen molar-refractivity contribution in [3.8, 4) is 11.3 Å². The number of para-hydroxylation sites is 1. The van der Waals surface area contributed by atoms with Crippen LogP contribution in [0.4, 0.5) is 18.9 Å². The van der Waals surface area contributed by atoms with E-state index in [1.807, 2.05) is 0 Å². The van der Waals surface area contributed by atoms with Gasteiger partial charge < -0.3 is 15.5 Å². The molecule has 0 saturated carbocycles. The Morgan fingerprint density at radius 1 is 1.10 bits per heavy atom. The summed E-state index contributed by atoms with van der Waals surface area (Å²) in [7, 11) is 0. The van der Waals surface area contributed by atoms with Crippen LogP contribution < -0.4 is 11.1 Å². The number of rotatable bonds is 3. The Balaban J connectivity index is 2.36. The van der Waals surface area contributed by atoms with Crippen molar-refractivity contribution in [3.63, 3.8) is 0 Å². The van der Waals surface area contributed by atoms with E-state index in [1.54, 1.807) is 11.4 Å². The Morgan fingerprint density at radius 3 is 2.33 bits per heavy atom.